The number of hydrogen-bond donors (Lipinski definition) is 1. The lowest BCUT2D eigenvalue weighted by atomic mass is 10.1. The summed E-state index contributed by atoms with van der Waals surface area (Å²) in [4.78, 5) is 26.3. The monoisotopic (exact) mass is 344 g/mol. The molecule has 1 aliphatic rings. The van der Waals surface area contributed by atoms with E-state index in [9.17, 15) is 9.59 Å². The van der Waals surface area contributed by atoms with Gasteiger partial charge in [-0.15, -0.1) is 11.3 Å². The highest BCUT2D eigenvalue weighted by Gasteiger charge is 2.29. The molecule has 0 aliphatic carbocycles. The Kier molecular flexibility index (Phi) is 5.15. The van der Waals surface area contributed by atoms with E-state index in [1.807, 2.05) is 41.8 Å². The summed E-state index contributed by atoms with van der Waals surface area (Å²) in [6, 6.07) is 11.4. The second-order valence-electron chi connectivity index (χ2n) is 5.87. The molecule has 2 aromatic rings. The quantitative estimate of drug-likeness (QED) is 0.876. The highest BCUT2D eigenvalue weighted by atomic mass is 32.1. The van der Waals surface area contributed by atoms with Crippen molar-refractivity contribution in [3.05, 3.63) is 52.2 Å². The predicted octanol–water partition coefficient (Wildman–Crippen LogP) is 2.56. The lowest BCUT2D eigenvalue weighted by Gasteiger charge is -2.21. The second-order valence-corrected chi connectivity index (χ2v) is 6.90. The van der Waals surface area contributed by atoms with Crippen LogP contribution >= 0.6 is 11.3 Å². The maximum Gasteiger partial charge on any atom is 0.245 e. The highest BCUT2D eigenvalue weighted by Crippen LogP contribution is 2.18. The average molecular weight is 344 g/mol. The molecule has 1 saturated heterocycles. The highest BCUT2D eigenvalue weighted by molar-refractivity contribution is 7.09. The molecule has 2 amide bonds. The maximum absolute atomic E-state index is 12.3. The molecule has 0 spiro atoms. The number of nitrogens with zero attached hydrogens (tertiary/aromatic N) is 1. The van der Waals surface area contributed by atoms with Crippen molar-refractivity contribution in [2.75, 3.05) is 7.05 Å². The lowest BCUT2D eigenvalue weighted by Crippen LogP contribution is -2.42. The second kappa shape index (κ2) is 7.49. The summed E-state index contributed by atoms with van der Waals surface area (Å²) in [6.07, 6.45) is 1.01. The Hall–Kier alpha value is -2.34. The van der Waals surface area contributed by atoms with Crippen LogP contribution in [-0.2, 0) is 22.7 Å². The van der Waals surface area contributed by atoms with Crippen LogP contribution in [0.1, 0.15) is 23.3 Å². The number of ether oxygens (including phenoxy) is 1. The summed E-state index contributed by atoms with van der Waals surface area (Å²) in [6.45, 7) is 1.08. The van der Waals surface area contributed by atoms with Gasteiger partial charge in [0.05, 0.1) is 0 Å². The Labute approximate surface area is 145 Å². The normalized spacial score (nSPS) is 16.7. The molecule has 0 radical (unpaired) electrons. The van der Waals surface area contributed by atoms with E-state index in [1.165, 1.54) is 4.88 Å². The first-order valence-corrected chi connectivity index (χ1v) is 8.78. The van der Waals surface area contributed by atoms with Crippen LogP contribution in [0.15, 0.2) is 41.8 Å². The molecule has 1 aromatic heterocycles. The van der Waals surface area contributed by atoms with Gasteiger partial charge >= 0.3 is 0 Å². The summed E-state index contributed by atoms with van der Waals surface area (Å²) < 4.78 is 5.73. The Morgan fingerprint density at radius 2 is 2.12 bits per heavy atom. The third-order valence-corrected chi connectivity index (χ3v) is 4.82. The van der Waals surface area contributed by atoms with E-state index in [2.05, 4.69) is 5.32 Å². The van der Waals surface area contributed by atoms with Gasteiger partial charge in [0.2, 0.25) is 11.8 Å². The number of carbonyl (C=O) groups excluding carboxylic acids is 2. The van der Waals surface area contributed by atoms with Crippen LogP contribution in [0.5, 0.6) is 5.75 Å². The third-order valence-electron chi connectivity index (χ3n) is 3.97. The van der Waals surface area contributed by atoms with Crippen LogP contribution in [0.4, 0.5) is 0 Å². The van der Waals surface area contributed by atoms with E-state index < -0.39 is 0 Å². The van der Waals surface area contributed by atoms with E-state index in [4.69, 9.17) is 4.74 Å². The molecule has 1 unspecified atom stereocenters. The molecule has 0 saturated carbocycles. The molecule has 3 rings (SSSR count). The van der Waals surface area contributed by atoms with Crippen LogP contribution in [0, 0.1) is 0 Å². The Balaban J connectivity index is 1.51. The van der Waals surface area contributed by atoms with E-state index in [0.717, 1.165) is 11.3 Å². The molecule has 1 atom stereocenters. The molecule has 1 aromatic carbocycles. The fraction of sp³-hybridized carbons (Fsp3) is 0.333. The van der Waals surface area contributed by atoms with Gasteiger partial charge in [-0.3, -0.25) is 9.59 Å². The molecule has 6 heteroatoms. The number of nitrogens with one attached hydrogen (secondary N) is 1. The molecule has 24 heavy (non-hydrogen) atoms. The topological polar surface area (TPSA) is 58.6 Å². The van der Waals surface area contributed by atoms with Crippen molar-refractivity contribution in [1.29, 1.82) is 0 Å². The zero-order valence-electron chi connectivity index (χ0n) is 13.5. The van der Waals surface area contributed by atoms with Crippen molar-refractivity contribution in [3.8, 4) is 5.75 Å². The van der Waals surface area contributed by atoms with Crippen molar-refractivity contribution in [2.45, 2.75) is 32.0 Å². The molecular formula is C18H20N2O3S. The molecule has 126 valence electrons. The number of carbonyl (C=O) groups is 2. The van der Waals surface area contributed by atoms with Gasteiger partial charge in [-0.05, 0) is 35.6 Å². The predicted molar refractivity (Wildman–Crippen MR) is 92.7 cm³/mol. The number of likely N-dealkylation sites (N-methyl/N-ethyl adjacent to an activating group) is 1. The summed E-state index contributed by atoms with van der Waals surface area (Å²) in [7, 11) is 1.76. The summed E-state index contributed by atoms with van der Waals surface area (Å²) in [5.41, 5.74) is 1.03. The fourth-order valence-electron chi connectivity index (χ4n) is 2.66. The van der Waals surface area contributed by atoms with Gasteiger partial charge in [-0.2, -0.15) is 0 Å². The van der Waals surface area contributed by atoms with E-state index in [1.54, 1.807) is 23.3 Å². The number of thiophene rings is 1. The van der Waals surface area contributed by atoms with Crippen LogP contribution < -0.4 is 10.1 Å². The van der Waals surface area contributed by atoms with Crippen LogP contribution in [0.2, 0.25) is 0 Å². The van der Waals surface area contributed by atoms with Gasteiger partial charge in [-0.25, -0.2) is 0 Å². The lowest BCUT2D eigenvalue weighted by molar-refractivity contribution is -0.133. The van der Waals surface area contributed by atoms with E-state index >= 15 is 0 Å². The molecule has 5 nitrogen and oxygen atoms in total. The van der Waals surface area contributed by atoms with Gasteiger partial charge in [0.15, 0.2) is 0 Å². The van der Waals surface area contributed by atoms with Gasteiger partial charge in [0, 0.05) is 24.9 Å². The first-order valence-electron chi connectivity index (χ1n) is 7.90. The number of benzene rings is 1. The van der Waals surface area contributed by atoms with Gasteiger partial charge < -0.3 is 15.0 Å². The Morgan fingerprint density at radius 1 is 1.33 bits per heavy atom. The van der Waals surface area contributed by atoms with Crippen LogP contribution in [0.25, 0.3) is 0 Å². The van der Waals surface area contributed by atoms with Crippen molar-refractivity contribution < 1.29 is 14.3 Å². The Bertz CT molecular complexity index is 698. The summed E-state index contributed by atoms with van der Waals surface area (Å²) in [5, 5.41) is 4.74. The van der Waals surface area contributed by atoms with Crippen molar-refractivity contribution in [3.63, 3.8) is 0 Å². The van der Waals surface area contributed by atoms with Gasteiger partial charge in [0.1, 0.15) is 18.4 Å². The van der Waals surface area contributed by atoms with Crippen molar-refractivity contribution in [2.24, 2.45) is 0 Å². The first-order chi connectivity index (χ1) is 11.6. The minimum absolute atomic E-state index is 0.0427. The first kappa shape index (κ1) is 16.5. The number of rotatable bonds is 6. The average Bonchev–Trinajstić information content (AvgIpc) is 3.25. The van der Waals surface area contributed by atoms with Crippen molar-refractivity contribution in [1.82, 2.24) is 10.2 Å². The SMILES string of the molecule is CN(Cc1ccc(OCc2cccs2)cc1)C(=O)C1CCC(=O)N1. The summed E-state index contributed by atoms with van der Waals surface area (Å²) >= 11 is 1.67. The number of amides is 2. The minimum atomic E-state index is -0.379. The molecule has 1 aliphatic heterocycles. The maximum atomic E-state index is 12.3. The smallest absolute Gasteiger partial charge is 0.245 e. The van der Waals surface area contributed by atoms with E-state index in [-0.39, 0.29) is 17.9 Å². The summed E-state index contributed by atoms with van der Waals surface area (Å²) in [5.74, 6) is 0.719. The van der Waals surface area contributed by atoms with Crippen molar-refractivity contribution >= 4 is 23.2 Å². The van der Waals surface area contributed by atoms with Crippen LogP contribution in [-0.4, -0.2) is 29.8 Å². The Morgan fingerprint density at radius 3 is 2.75 bits per heavy atom. The van der Waals surface area contributed by atoms with E-state index in [0.29, 0.717) is 26.0 Å². The molecule has 2 heterocycles. The molecular weight excluding hydrogens is 324 g/mol. The fourth-order valence-corrected chi connectivity index (χ4v) is 3.27. The molecule has 0 bridgehead atoms. The minimum Gasteiger partial charge on any atom is -0.488 e. The third kappa shape index (κ3) is 4.14. The van der Waals surface area contributed by atoms with Crippen LogP contribution in [0.3, 0.4) is 0 Å². The largest absolute Gasteiger partial charge is 0.488 e. The van der Waals surface area contributed by atoms with Gasteiger partial charge in [-0.1, -0.05) is 18.2 Å². The van der Waals surface area contributed by atoms with Gasteiger partial charge in [0.25, 0.3) is 0 Å². The molecule has 1 fully saturated rings. The standard InChI is InChI=1S/C18H20N2O3S/c1-20(18(22)16-8-9-17(21)19-16)11-13-4-6-14(7-5-13)23-12-15-3-2-10-24-15/h2-7,10,16H,8-9,11-12H2,1H3,(H,19,21). The zero-order chi connectivity index (χ0) is 16.9. The zero-order valence-corrected chi connectivity index (χ0v) is 14.3. The molecule has 1 N–H and O–H groups in total. The number of hydrogen-bond acceptors (Lipinski definition) is 4.